The lowest BCUT2D eigenvalue weighted by atomic mass is 10.1. The Kier molecular flexibility index (Phi) is 5.27. The van der Waals surface area contributed by atoms with Gasteiger partial charge in [-0.1, -0.05) is 0 Å². The van der Waals surface area contributed by atoms with Crippen molar-refractivity contribution in [2.24, 2.45) is 0 Å². The summed E-state index contributed by atoms with van der Waals surface area (Å²) in [5.74, 6) is -1.53. The van der Waals surface area contributed by atoms with Gasteiger partial charge in [-0.05, 0) is 18.2 Å². The molecule has 0 aliphatic rings. The summed E-state index contributed by atoms with van der Waals surface area (Å²) in [5.41, 5.74) is -1.80. The fourth-order valence-electron chi connectivity index (χ4n) is 2.39. The first-order valence-corrected chi connectivity index (χ1v) is 7.92. The Hall–Kier alpha value is -3.44. The summed E-state index contributed by atoms with van der Waals surface area (Å²) in [6, 6.07) is 3.91. The van der Waals surface area contributed by atoms with E-state index >= 15 is 0 Å². The highest BCUT2D eigenvalue weighted by Crippen LogP contribution is 2.34. The molecule has 0 aromatic carbocycles. The molecule has 0 fully saturated rings. The van der Waals surface area contributed by atoms with Gasteiger partial charge in [-0.25, -0.2) is 4.68 Å². The number of halogens is 6. The van der Waals surface area contributed by atoms with E-state index in [-0.39, 0.29) is 11.3 Å². The van der Waals surface area contributed by atoms with Crippen LogP contribution in [0.2, 0.25) is 0 Å². The van der Waals surface area contributed by atoms with E-state index in [0.29, 0.717) is 18.0 Å². The lowest BCUT2D eigenvalue weighted by Gasteiger charge is -2.14. The Morgan fingerprint density at radius 3 is 2.48 bits per heavy atom. The third kappa shape index (κ3) is 4.89. The van der Waals surface area contributed by atoms with Gasteiger partial charge in [0.05, 0.1) is 34.9 Å². The second-order valence-electron chi connectivity index (χ2n) is 5.80. The Morgan fingerprint density at radius 1 is 1.10 bits per heavy atom. The molecule has 0 radical (unpaired) electrons. The predicted octanol–water partition coefficient (Wildman–Crippen LogP) is 3.64. The van der Waals surface area contributed by atoms with E-state index in [9.17, 15) is 31.1 Å². The fourth-order valence-corrected chi connectivity index (χ4v) is 2.39. The fraction of sp³-hybridized carbons (Fsp3) is 0.176. The Balaban J connectivity index is 1.94. The van der Waals surface area contributed by atoms with Crippen molar-refractivity contribution in [3.05, 3.63) is 60.3 Å². The van der Waals surface area contributed by atoms with Gasteiger partial charge in [0.1, 0.15) is 6.54 Å². The van der Waals surface area contributed by atoms with Gasteiger partial charge in [-0.2, -0.15) is 31.4 Å². The van der Waals surface area contributed by atoms with Crippen LogP contribution in [0.1, 0.15) is 15.9 Å². The average Bonchev–Trinajstić information content (AvgIpc) is 3.15. The van der Waals surface area contributed by atoms with Gasteiger partial charge < -0.3 is 5.32 Å². The molecule has 0 saturated carbocycles. The van der Waals surface area contributed by atoms with Crippen LogP contribution in [0.25, 0.3) is 16.9 Å². The van der Waals surface area contributed by atoms with Gasteiger partial charge in [0, 0.05) is 24.2 Å². The van der Waals surface area contributed by atoms with Crippen LogP contribution in [0.15, 0.2) is 49.2 Å². The van der Waals surface area contributed by atoms with Crippen LogP contribution in [-0.2, 0) is 6.18 Å². The molecule has 0 bridgehead atoms. The second kappa shape index (κ2) is 7.53. The van der Waals surface area contributed by atoms with E-state index in [1.807, 2.05) is 0 Å². The number of hydrogen-bond donors (Lipinski definition) is 1. The summed E-state index contributed by atoms with van der Waals surface area (Å²) in [4.78, 5) is 19.5. The third-order valence-electron chi connectivity index (χ3n) is 3.69. The molecule has 152 valence electrons. The zero-order valence-corrected chi connectivity index (χ0v) is 14.3. The van der Waals surface area contributed by atoms with E-state index < -0.39 is 35.9 Å². The van der Waals surface area contributed by atoms with E-state index in [0.717, 1.165) is 0 Å². The lowest BCUT2D eigenvalue weighted by Crippen LogP contribution is -2.34. The highest BCUT2D eigenvalue weighted by Gasteiger charge is 2.37. The Labute approximate surface area is 159 Å². The zero-order valence-electron chi connectivity index (χ0n) is 14.3. The highest BCUT2D eigenvalue weighted by molar-refractivity contribution is 5.96. The minimum atomic E-state index is -4.98. The predicted molar refractivity (Wildman–Crippen MR) is 88.0 cm³/mol. The van der Waals surface area contributed by atoms with Crippen molar-refractivity contribution in [2.75, 3.05) is 6.54 Å². The number of amides is 1. The van der Waals surface area contributed by atoms with Crippen molar-refractivity contribution in [3.8, 4) is 16.9 Å². The average molecular weight is 415 g/mol. The van der Waals surface area contributed by atoms with E-state index in [4.69, 9.17) is 0 Å². The highest BCUT2D eigenvalue weighted by atomic mass is 19.4. The summed E-state index contributed by atoms with van der Waals surface area (Å²) >= 11 is 0. The lowest BCUT2D eigenvalue weighted by molar-refractivity contribution is -0.138. The van der Waals surface area contributed by atoms with Crippen LogP contribution in [0.5, 0.6) is 0 Å². The van der Waals surface area contributed by atoms with Crippen LogP contribution in [0.3, 0.4) is 0 Å². The molecule has 3 rings (SSSR count). The number of carbonyl (C=O) groups excluding carboxylic acids is 1. The molecule has 0 aliphatic carbocycles. The summed E-state index contributed by atoms with van der Waals surface area (Å²) < 4.78 is 78.2. The standard InChI is InChI=1S/C17H11F6N5O/c18-16(19,20)9-26-15(29)12-7-25-14(4-13(12)17(21,22)23)10-5-27-28(8-10)11-2-1-3-24-6-11/h1-8H,9H2,(H,26,29). The van der Waals surface area contributed by atoms with Gasteiger partial charge in [-0.3, -0.25) is 14.8 Å². The molecule has 3 aromatic rings. The molecule has 3 heterocycles. The number of aromatic nitrogens is 4. The SMILES string of the molecule is O=C(NCC(F)(F)F)c1cnc(-c2cnn(-c3cccnc3)c2)cc1C(F)(F)F. The van der Waals surface area contributed by atoms with Crippen LogP contribution >= 0.6 is 0 Å². The summed E-state index contributed by atoms with van der Waals surface area (Å²) in [5, 5.41) is 5.43. The molecule has 0 spiro atoms. The van der Waals surface area contributed by atoms with E-state index in [2.05, 4.69) is 15.1 Å². The van der Waals surface area contributed by atoms with Gasteiger partial charge in [0.25, 0.3) is 5.91 Å². The number of nitrogens with one attached hydrogen (secondary N) is 1. The topological polar surface area (TPSA) is 72.7 Å². The molecule has 0 aliphatic heterocycles. The van der Waals surface area contributed by atoms with Crippen molar-refractivity contribution < 1.29 is 31.1 Å². The number of carbonyl (C=O) groups is 1. The molecular weight excluding hydrogens is 404 g/mol. The first kappa shape index (κ1) is 20.3. The molecule has 6 nitrogen and oxygen atoms in total. The maximum Gasteiger partial charge on any atom is 0.417 e. The maximum atomic E-state index is 13.4. The largest absolute Gasteiger partial charge is 0.417 e. The van der Waals surface area contributed by atoms with Crippen LogP contribution in [0, 0.1) is 0 Å². The Bertz CT molecular complexity index is 1010. The van der Waals surface area contributed by atoms with Crippen molar-refractivity contribution >= 4 is 5.91 Å². The van der Waals surface area contributed by atoms with Crippen LogP contribution in [0.4, 0.5) is 26.3 Å². The molecule has 0 unspecified atom stereocenters. The molecule has 12 heteroatoms. The van der Waals surface area contributed by atoms with E-state index in [1.54, 1.807) is 12.1 Å². The number of nitrogens with zero attached hydrogens (tertiary/aromatic N) is 4. The molecule has 1 N–H and O–H groups in total. The molecular formula is C17H11F6N5O. The molecule has 0 saturated heterocycles. The van der Waals surface area contributed by atoms with E-state index in [1.165, 1.54) is 34.8 Å². The summed E-state index contributed by atoms with van der Waals surface area (Å²) in [6.07, 6.45) is -3.47. The van der Waals surface area contributed by atoms with Crippen LogP contribution < -0.4 is 5.32 Å². The quantitative estimate of drug-likeness (QED) is 0.661. The minimum absolute atomic E-state index is 0.153. The molecule has 29 heavy (non-hydrogen) atoms. The van der Waals surface area contributed by atoms with Crippen molar-refractivity contribution in [1.29, 1.82) is 0 Å². The first-order chi connectivity index (χ1) is 13.5. The van der Waals surface area contributed by atoms with Crippen molar-refractivity contribution in [1.82, 2.24) is 25.1 Å². The minimum Gasteiger partial charge on any atom is -0.343 e. The molecule has 1 amide bonds. The number of rotatable bonds is 4. The number of hydrogen-bond acceptors (Lipinski definition) is 4. The van der Waals surface area contributed by atoms with Gasteiger partial charge in [-0.15, -0.1) is 0 Å². The van der Waals surface area contributed by atoms with Gasteiger partial charge in [0.2, 0.25) is 0 Å². The zero-order chi connectivity index (χ0) is 21.2. The normalized spacial score (nSPS) is 12.1. The van der Waals surface area contributed by atoms with Crippen molar-refractivity contribution in [3.63, 3.8) is 0 Å². The van der Waals surface area contributed by atoms with Gasteiger partial charge >= 0.3 is 12.4 Å². The molecule has 0 atom stereocenters. The first-order valence-electron chi connectivity index (χ1n) is 7.92. The maximum absolute atomic E-state index is 13.4. The Morgan fingerprint density at radius 2 is 1.86 bits per heavy atom. The van der Waals surface area contributed by atoms with Crippen LogP contribution in [-0.4, -0.2) is 38.4 Å². The molecule has 3 aromatic heterocycles. The smallest absolute Gasteiger partial charge is 0.343 e. The number of pyridine rings is 2. The monoisotopic (exact) mass is 415 g/mol. The van der Waals surface area contributed by atoms with Gasteiger partial charge in [0.15, 0.2) is 0 Å². The third-order valence-corrected chi connectivity index (χ3v) is 3.69. The second-order valence-corrected chi connectivity index (χ2v) is 5.80. The summed E-state index contributed by atoms with van der Waals surface area (Å²) in [7, 11) is 0. The van der Waals surface area contributed by atoms with Crippen molar-refractivity contribution in [2.45, 2.75) is 12.4 Å². The number of alkyl halides is 6. The summed E-state index contributed by atoms with van der Waals surface area (Å²) in [6.45, 7) is -1.76.